The molecule has 0 unspecified atom stereocenters. The lowest BCUT2D eigenvalue weighted by Gasteiger charge is -2.06. The minimum atomic E-state index is 0.256. The Hall–Kier alpha value is -1.42. The van der Waals surface area contributed by atoms with Crippen molar-refractivity contribution in [2.45, 2.75) is 6.42 Å². The summed E-state index contributed by atoms with van der Waals surface area (Å²) in [7, 11) is 0. The van der Waals surface area contributed by atoms with Crippen molar-refractivity contribution in [1.29, 1.82) is 0 Å². The van der Waals surface area contributed by atoms with E-state index in [4.69, 9.17) is 20.9 Å². The van der Waals surface area contributed by atoms with Crippen LogP contribution in [0.15, 0.2) is 12.1 Å². The molecule has 1 aromatic carbocycles. The Labute approximate surface area is 76.4 Å². The molecule has 1 aliphatic rings. The summed E-state index contributed by atoms with van der Waals surface area (Å²) in [6.45, 7) is 0.843. The summed E-state index contributed by atoms with van der Waals surface area (Å²) in [4.78, 5) is 0. The van der Waals surface area contributed by atoms with Crippen molar-refractivity contribution in [3.63, 3.8) is 0 Å². The zero-order valence-electron chi connectivity index (χ0n) is 7.25. The SMILES string of the molecule is NCCc1ccc2c(c1N)OCO2. The first kappa shape index (κ1) is 8.19. The van der Waals surface area contributed by atoms with Crippen LogP contribution in [0.2, 0.25) is 0 Å². The topological polar surface area (TPSA) is 70.5 Å². The van der Waals surface area contributed by atoms with Gasteiger partial charge in [-0.25, -0.2) is 0 Å². The van der Waals surface area contributed by atoms with Gasteiger partial charge in [0.05, 0.1) is 5.69 Å². The molecule has 0 spiro atoms. The van der Waals surface area contributed by atoms with Crippen LogP contribution in [0.1, 0.15) is 5.56 Å². The zero-order chi connectivity index (χ0) is 9.26. The number of fused-ring (bicyclic) bond motifs is 1. The first-order valence-electron chi connectivity index (χ1n) is 4.20. The second-order valence-corrected chi connectivity index (χ2v) is 2.91. The average Bonchev–Trinajstić information content (AvgIpc) is 2.58. The lowest BCUT2D eigenvalue weighted by Crippen LogP contribution is -2.05. The maximum absolute atomic E-state index is 5.86. The van der Waals surface area contributed by atoms with Gasteiger partial charge in [0.15, 0.2) is 11.5 Å². The maximum atomic E-state index is 5.86. The fourth-order valence-electron chi connectivity index (χ4n) is 1.41. The van der Waals surface area contributed by atoms with Crippen LogP contribution in [0.25, 0.3) is 0 Å². The maximum Gasteiger partial charge on any atom is 0.231 e. The highest BCUT2D eigenvalue weighted by atomic mass is 16.7. The molecule has 4 nitrogen and oxygen atoms in total. The van der Waals surface area contributed by atoms with E-state index in [9.17, 15) is 0 Å². The minimum absolute atomic E-state index is 0.256. The molecule has 13 heavy (non-hydrogen) atoms. The quantitative estimate of drug-likeness (QED) is 0.650. The van der Waals surface area contributed by atoms with E-state index >= 15 is 0 Å². The van der Waals surface area contributed by atoms with Crippen molar-refractivity contribution in [2.24, 2.45) is 5.73 Å². The summed E-state index contributed by atoms with van der Waals surface area (Å²) < 4.78 is 10.4. The second-order valence-electron chi connectivity index (χ2n) is 2.91. The number of nitrogen functional groups attached to an aromatic ring is 1. The lowest BCUT2D eigenvalue weighted by molar-refractivity contribution is 0.174. The molecule has 0 saturated carbocycles. The molecule has 4 N–H and O–H groups in total. The normalized spacial score (nSPS) is 13.3. The van der Waals surface area contributed by atoms with E-state index in [2.05, 4.69) is 0 Å². The molecule has 0 amide bonds. The van der Waals surface area contributed by atoms with Gasteiger partial charge in [0.25, 0.3) is 0 Å². The Morgan fingerprint density at radius 1 is 1.31 bits per heavy atom. The molecule has 1 heterocycles. The fraction of sp³-hybridized carbons (Fsp3) is 0.333. The van der Waals surface area contributed by atoms with Gasteiger partial charge in [-0.1, -0.05) is 6.07 Å². The summed E-state index contributed by atoms with van der Waals surface area (Å²) in [6, 6.07) is 3.79. The van der Waals surface area contributed by atoms with Gasteiger partial charge in [0.2, 0.25) is 6.79 Å². The highest BCUT2D eigenvalue weighted by molar-refractivity contribution is 5.65. The number of anilines is 1. The van der Waals surface area contributed by atoms with Crippen LogP contribution in [0.4, 0.5) is 5.69 Å². The predicted molar refractivity (Wildman–Crippen MR) is 49.7 cm³/mol. The standard InChI is InChI=1S/C9H12N2O2/c10-4-3-6-1-2-7-9(8(6)11)13-5-12-7/h1-2H,3-5,10-11H2. The molecular weight excluding hydrogens is 168 g/mol. The number of rotatable bonds is 2. The second kappa shape index (κ2) is 3.14. The predicted octanol–water partition coefficient (Wildman–Crippen LogP) is 0.499. The Morgan fingerprint density at radius 2 is 2.15 bits per heavy atom. The number of ether oxygens (including phenoxy) is 2. The first-order valence-corrected chi connectivity index (χ1v) is 4.20. The number of hydrogen-bond donors (Lipinski definition) is 2. The van der Waals surface area contributed by atoms with E-state index in [1.807, 2.05) is 12.1 Å². The summed E-state index contributed by atoms with van der Waals surface area (Å²) in [6.07, 6.45) is 0.766. The molecule has 4 heteroatoms. The van der Waals surface area contributed by atoms with E-state index in [1.54, 1.807) is 0 Å². The number of benzene rings is 1. The van der Waals surface area contributed by atoms with Crippen LogP contribution < -0.4 is 20.9 Å². The van der Waals surface area contributed by atoms with Crippen molar-refractivity contribution < 1.29 is 9.47 Å². The average molecular weight is 180 g/mol. The highest BCUT2D eigenvalue weighted by Crippen LogP contribution is 2.39. The van der Waals surface area contributed by atoms with Gasteiger partial charge in [0.1, 0.15) is 0 Å². The third-order valence-electron chi connectivity index (χ3n) is 2.08. The van der Waals surface area contributed by atoms with Crippen LogP contribution in [-0.4, -0.2) is 13.3 Å². The van der Waals surface area contributed by atoms with Crippen LogP contribution in [0.3, 0.4) is 0 Å². The van der Waals surface area contributed by atoms with E-state index in [1.165, 1.54) is 0 Å². The monoisotopic (exact) mass is 180 g/mol. The number of nitrogens with two attached hydrogens (primary N) is 2. The van der Waals surface area contributed by atoms with Gasteiger partial charge in [-0.05, 0) is 24.6 Å². The fourth-order valence-corrected chi connectivity index (χ4v) is 1.41. The number of hydrogen-bond acceptors (Lipinski definition) is 4. The van der Waals surface area contributed by atoms with E-state index in [0.29, 0.717) is 18.0 Å². The van der Waals surface area contributed by atoms with Gasteiger partial charge in [0, 0.05) is 0 Å². The van der Waals surface area contributed by atoms with E-state index < -0.39 is 0 Å². The lowest BCUT2D eigenvalue weighted by atomic mass is 10.1. The van der Waals surface area contributed by atoms with E-state index in [0.717, 1.165) is 17.7 Å². The van der Waals surface area contributed by atoms with Crippen LogP contribution in [-0.2, 0) is 6.42 Å². The first-order chi connectivity index (χ1) is 6.33. The van der Waals surface area contributed by atoms with Crippen molar-refractivity contribution in [2.75, 3.05) is 19.1 Å². The van der Waals surface area contributed by atoms with E-state index in [-0.39, 0.29) is 6.79 Å². The highest BCUT2D eigenvalue weighted by Gasteiger charge is 2.18. The minimum Gasteiger partial charge on any atom is -0.454 e. The molecule has 0 aromatic heterocycles. The molecule has 2 rings (SSSR count). The Bertz CT molecular complexity index is 326. The largest absolute Gasteiger partial charge is 0.454 e. The molecule has 0 bridgehead atoms. The molecule has 1 aliphatic heterocycles. The van der Waals surface area contributed by atoms with Crippen LogP contribution in [0.5, 0.6) is 11.5 Å². The summed E-state index contributed by atoms with van der Waals surface area (Å²) >= 11 is 0. The Balaban J connectivity index is 2.40. The summed E-state index contributed by atoms with van der Waals surface area (Å²) in [5.74, 6) is 1.38. The smallest absolute Gasteiger partial charge is 0.231 e. The van der Waals surface area contributed by atoms with Gasteiger partial charge in [-0.15, -0.1) is 0 Å². The summed E-state index contributed by atoms with van der Waals surface area (Å²) in [5.41, 5.74) is 13.0. The zero-order valence-corrected chi connectivity index (χ0v) is 7.25. The van der Waals surface area contributed by atoms with Crippen molar-refractivity contribution >= 4 is 5.69 Å². The molecule has 1 aromatic rings. The molecule has 0 saturated heterocycles. The van der Waals surface area contributed by atoms with Crippen molar-refractivity contribution in [3.8, 4) is 11.5 Å². The van der Waals surface area contributed by atoms with Crippen LogP contribution >= 0.6 is 0 Å². The third-order valence-corrected chi connectivity index (χ3v) is 2.08. The molecule has 0 fully saturated rings. The molecule has 0 atom stereocenters. The molecule has 0 aliphatic carbocycles. The summed E-state index contributed by atoms with van der Waals surface area (Å²) in [5, 5.41) is 0. The molecular formula is C9H12N2O2. The van der Waals surface area contributed by atoms with Crippen molar-refractivity contribution in [1.82, 2.24) is 0 Å². The van der Waals surface area contributed by atoms with Crippen LogP contribution in [0, 0.1) is 0 Å². The molecule has 70 valence electrons. The van der Waals surface area contributed by atoms with Gasteiger partial charge in [-0.3, -0.25) is 0 Å². The Morgan fingerprint density at radius 3 is 2.92 bits per heavy atom. The van der Waals surface area contributed by atoms with Gasteiger partial charge >= 0.3 is 0 Å². The molecule has 0 radical (unpaired) electrons. The van der Waals surface area contributed by atoms with Crippen molar-refractivity contribution in [3.05, 3.63) is 17.7 Å². The van der Waals surface area contributed by atoms with Gasteiger partial charge in [-0.2, -0.15) is 0 Å². The van der Waals surface area contributed by atoms with Gasteiger partial charge < -0.3 is 20.9 Å². The third kappa shape index (κ3) is 1.29. The Kier molecular flexibility index (Phi) is 1.98.